The third-order valence-electron chi connectivity index (χ3n) is 4.61. The third-order valence-corrected chi connectivity index (χ3v) is 5.41. The zero-order valence-corrected chi connectivity index (χ0v) is 12.9. The number of nitrogens with zero attached hydrogens (tertiary/aromatic N) is 2. The first kappa shape index (κ1) is 14.9. The second-order valence-corrected chi connectivity index (χ2v) is 6.59. The van der Waals surface area contributed by atoms with E-state index in [1.165, 1.54) is 37.4 Å². The minimum atomic E-state index is 0.112. The second kappa shape index (κ2) is 6.79. The van der Waals surface area contributed by atoms with Crippen molar-refractivity contribution in [2.45, 2.75) is 57.5 Å². The number of piperidine rings is 1. The fourth-order valence-electron chi connectivity index (χ4n) is 3.08. The summed E-state index contributed by atoms with van der Waals surface area (Å²) in [7, 11) is 0. The highest BCUT2D eigenvalue weighted by Crippen LogP contribution is 2.29. The standard InChI is InChI=1S/C14H26N4S/c1-3-14(2,18-8-5-4-6-9-18)12(17-15)11-13-16-7-10-19-13/h7,10,12,17H,3-6,8-9,11,15H2,1-2H3. The molecular weight excluding hydrogens is 256 g/mol. The van der Waals surface area contributed by atoms with E-state index in [2.05, 4.69) is 29.2 Å². The lowest BCUT2D eigenvalue weighted by molar-refractivity contribution is 0.0429. The van der Waals surface area contributed by atoms with Gasteiger partial charge in [0.25, 0.3) is 0 Å². The molecule has 5 heteroatoms. The predicted octanol–water partition coefficient (Wildman–Crippen LogP) is 2.17. The van der Waals surface area contributed by atoms with Gasteiger partial charge in [-0.25, -0.2) is 4.98 Å². The smallest absolute Gasteiger partial charge is 0.0941 e. The van der Waals surface area contributed by atoms with Crippen LogP contribution in [0, 0.1) is 0 Å². The molecule has 0 aromatic carbocycles. The average molecular weight is 282 g/mol. The molecule has 0 saturated carbocycles. The molecule has 19 heavy (non-hydrogen) atoms. The number of nitrogens with two attached hydrogens (primary N) is 1. The molecule has 0 radical (unpaired) electrons. The summed E-state index contributed by atoms with van der Waals surface area (Å²) in [5.74, 6) is 5.86. The van der Waals surface area contributed by atoms with Gasteiger partial charge in [0.15, 0.2) is 0 Å². The molecule has 0 amide bonds. The molecule has 2 rings (SSSR count). The van der Waals surface area contributed by atoms with Gasteiger partial charge in [0.1, 0.15) is 0 Å². The van der Waals surface area contributed by atoms with Crippen LogP contribution in [0.2, 0.25) is 0 Å². The van der Waals surface area contributed by atoms with Crippen molar-refractivity contribution in [1.29, 1.82) is 0 Å². The molecule has 1 aliphatic rings. The van der Waals surface area contributed by atoms with E-state index in [-0.39, 0.29) is 11.6 Å². The van der Waals surface area contributed by atoms with Gasteiger partial charge < -0.3 is 0 Å². The summed E-state index contributed by atoms with van der Waals surface area (Å²) in [6.07, 6.45) is 7.87. The molecule has 0 aliphatic carbocycles. The molecule has 1 aromatic rings. The first-order chi connectivity index (χ1) is 9.20. The molecule has 1 fully saturated rings. The Kier molecular flexibility index (Phi) is 5.33. The Morgan fingerprint density at radius 2 is 2.21 bits per heavy atom. The Bertz CT molecular complexity index is 362. The van der Waals surface area contributed by atoms with Crippen LogP contribution in [-0.2, 0) is 6.42 Å². The molecular formula is C14H26N4S. The monoisotopic (exact) mass is 282 g/mol. The summed E-state index contributed by atoms with van der Waals surface area (Å²) in [4.78, 5) is 7.02. The van der Waals surface area contributed by atoms with Crippen molar-refractivity contribution in [2.24, 2.45) is 5.84 Å². The molecule has 2 heterocycles. The summed E-state index contributed by atoms with van der Waals surface area (Å²) < 4.78 is 0. The fourth-order valence-corrected chi connectivity index (χ4v) is 3.75. The van der Waals surface area contributed by atoms with Crippen molar-refractivity contribution in [3.05, 3.63) is 16.6 Å². The highest BCUT2D eigenvalue weighted by Gasteiger charge is 2.38. The van der Waals surface area contributed by atoms with E-state index in [1.807, 2.05) is 11.6 Å². The Hall–Kier alpha value is -0.490. The number of hydrazine groups is 1. The van der Waals surface area contributed by atoms with Gasteiger partial charge in [0, 0.05) is 29.6 Å². The number of hydrogen-bond acceptors (Lipinski definition) is 5. The number of nitrogens with one attached hydrogen (secondary N) is 1. The summed E-state index contributed by atoms with van der Waals surface area (Å²) in [6, 6.07) is 0.252. The maximum Gasteiger partial charge on any atom is 0.0941 e. The van der Waals surface area contributed by atoms with Gasteiger partial charge in [0.05, 0.1) is 5.01 Å². The lowest BCUT2D eigenvalue weighted by Gasteiger charge is -2.47. The predicted molar refractivity (Wildman–Crippen MR) is 81.0 cm³/mol. The van der Waals surface area contributed by atoms with Crippen LogP contribution in [0.4, 0.5) is 0 Å². The van der Waals surface area contributed by atoms with Crippen LogP contribution in [0.15, 0.2) is 11.6 Å². The lowest BCUT2D eigenvalue weighted by atomic mass is 9.84. The molecule has 1 saturated heterocycles. The van der Waals surface area contributed by atoms with E-state index in [4.69, 9.17) is 5.84 Å². The highest BCUT2D eigenvalue weighted by molar-refractivity contribution is 7.09. The minimum Gasteiger partial charge on any atom is -0.296 e. The van der Waals surface area contributed by atoms with Crippen LogP contribution in [0.5, 0.6) is 0 Å². The van der Waals surface area contributed by atoms with E-state index in [9.17, 15) is 0 Å². The summed E-state index contributed by atoms with van der Waals surface area (Å²) in [6.45, 7) is 7.00. The van der Waals surface area contributed by atoms with Gasteiger partial charge in [-0.3, -0.25) is 16.2 Å². The first-order valence-electron chi connectivity index (χ1n) is 7.30. The third kappa shape index (κ3) is 3.34. The van der Waals surface area contributed by atoms with Gasteiger partial charge in [-0.2, -0.15) is 0 Å². The topological polar surface area (TPSA) is 54.2 Å². The van der Waals surface area contributed by atoms with Gasteiger partial charge in [-0.1, -0.05) is 13.3 Å². The summed E-state index contributed by atoms with van der Waals surface area (Å²) in [5.41, 5.74) is 3.17. The van der Waals surface area contributed by atoms with Crippen molar-refractivity contribution in [2.75, 3.05) is 13.1 Å². The van der Waals surface area contributed by atoms with Crippen molar-refractivity contribution in [3.63, 3.8) is 0 Å². The molecule has 1 aliphatic heterocycles. The fraction of sp³-hybridized carbons (Fsp3) is 0.786. The van der Waals surface area contributed by atoms with Crippen LogP contribution in [0.25, 0.3) is 0 Å². The number of hydrogen-bond donors (Lipinski definition) is 2. The molecule has 2 unspecified atom stereocenters. The maximum atomic E-state index is 5.86. The Balaban J connectivity index is 2.11. The number of rotatable bonds is 6. The summed E-state index contributed by atoms with van der Waals surface area (Å²) >= 11 is 1.71. The van der Waals surface area contributed by atoms with Gasteiger partial charge in [0.2, 0.25) is 0 Å². The van der Waals surface area contributed by atoms with Crippen molar-refractivity contribution < 1.29 is 0 Å². The van der Waals surface area contributed by atoms with Crippen LogP contribution >= 0.6 is 11.3 Å². The average Bonchev–Trinajstić information content (AvgIpc) is 2.98. The molecule has 108 valence electrons. The van der Waals surface area contributed by atoms with Crippen molar-refractivity contribution >= 4 is 11.3 Å². The van der Waals surface area contributed by atoms with Crippen LogP contribution < -0.4 is 11.3 Å². The van der Waals surface area contributed by atoms with E-state index < -0.39 is 0 Å². The second-order valence-electron chi connectivity index (χ2n) is 5.61. The molecule has 2 atom stereocenters. The highest BCUT2D eigenvalue weighted by atomic mass is 32.1. The van der Waals surface area contributed by atoms with E-state index >= 15 is 0 Å². The molecule has 1 aromatic heterocycles. The molecule has 4 nitrogen and oxygen atoms in total. The van der Waals surface area contributed by atoms with E-state index in [1.54, 1.807) is 11.3 Å². The van der Waals surface area contributed by atoms with Gasteiger partial charge in [-0.05, 0) is 39.3 Å². The maximum absolute atomic E-state index is 5.86. The Morgan fingerprint density at radius 3 is 2.74 bits per heavy atom. The quantitative estimate of drug-likeness (QED) is 0.620. The van der Waals surface area contributed by atoms with E-state index in [0.717, 1.165) is 12.8 Å². The molecule has 3 N–H and O–H groups in total. The number of aromatic nitrogens is 1. The van der Waals surface area contributed by atoms with Crippen LogP contribution in [0.1, 0.15) is 44.5 Å². The Labute approximate surface area is 120 Å². The first-order valence-corrected chi connectivity index (χ1v) is 8.18. The van der Waals surface area contributed by atoms with E-state index in [0.29, 0.717) is 0 Å². The largest absolute Gasteiger partial charge is 0.296 e. The number of likely N-dealkylation sites (tertiary alicyclic amines) is 1. The van der Waals surface area contributed by atoms with Crippen molar-refractivity contribution in [1.82, 2.24) is 15.3 Å². The van der Waals surface area contributed by atoms with Crippen LogP contribution in [-0.4, -0.2) is 34.6 Å². The normalized spacial score (nSPS) is 22.1. The minimum absolute atomic E-state index is 0.112. The number of thiazole rings is 1. The molecule has 0 spiro atoms. The Morgan fingerprint density at radius 1 is 1.47 bits per heavy atom. The SMILES string of the molecule is CCC(C)(C(Cc1nccs1)NN)N1CCCCC1. The summed E-state index contributed by atoms with van der Waals surface area (Å²) in [5, 5.41) is 3.20. The zero-order valence-electron chi connectivity index (χ0n) is 12.1. The van der Waals surface area contributed by atoms with Crippen LogP contribution in [0.3, 0.4) is 0 Å². The van der Waals surface area contributed by atoms with Crippen molar-refractivity contribution in [3.8, 4) is 0 Å². The zero-order chi connectivity index (χ0) is 13.7. The lowest BCUT2D eigenvalue weighted by Crippen LogP contribution is -2.62. The van der Waals surface area contributed by atoms with Gasteiger partial charge >= 0.3 is 0 Å². The molecule has 0 bridgehead atoms. The van der Waals surface area contributed by atoms with Gasteiger partial charge in [-0.15, -0.1) is 11.3 Å².